The number of hydrogen-bond acceptors (Lipinski definition) is 3. The van der Waals surface area contributed by atoms with Gasteiger partial charge >= 0.3 is 0 Å². The van der Waals surface area contributed by atoms with Crippen molar-refractivity contribution in [2.45, 2.75) is 32.5 Å². The molecule has 0 amide bonds. The van der Waals surface area contributed by atoms with Gasteiger partial charge < -0.3 is 14.4 Å². The molecule has 1 heterocycles. The molecule has 0 aliphatic carbocycles. The first-order valence-electron chi connectivity index (χ1n) is 7.34. The molecule has 0 unspecified atom stereocenters. The van der Waals surface area contributed by atoms with Crippen LogP contribution in [-0.4, -0.2) is 44.7 Å². The van der Waals surface area contributed by atoms with Crippen molar-refractivity contribution in [2.24, 2.45) is 0 Å². The van der Waals surface area contributed by atoms with E-state index in [0.29, 0.717) is 24.4 Å². The Labute approximate surface area is 120 Å². The van der Waals surface area contributed by atoms with Crippen molar-refractivity contribution in [1.82, 2.24) is 0 Å². The van der Waals surface area contributed by atoms with Gasteiger partial charge in [-0.25, -0.2) is 0 Å². The molecule has 1 aromatic rings. The van der Waals surface area contributed by atoms with Gasteiger partial charge in [0, 0.05) is 12.0 Å². The second-order valence-corrected chi connectivity index (χ2v) is 5.55. The first kappa shape index (κ1) is 15.0. The van der Waals surface area contributed by atoms with E-state index in [9.17, 15) is 4.79 Å². The number of nitrogens with one attached hydrogen (secondary N) is 1. The molecule has 1 saturated heterocycles. The highest BCUT2D eigenvalue weighted by molar-refractivity contribution is 5.74. The van der Waals surface area contributed by atoms with Crippen LogP contribution in [0.4, 0.5) is 0 Å². The molecule has 2 rings (SSSR count). The Kier molecular flexibility index (Phi) is 5.56. The van der Waals surface area contributed by atoms with Crippen molar-refractivity contribution in [3.63, 3.8) is 0 Å². The minimum absolute atomic E-state index is 0.352. The second kappa shape index (κ2) is 7.41. The third-order valence-corrected chi connectivity index (χ3v) is 3.58. The molecular formula is C16H24NO3+. The Bertz CT molecular complexity index is 408. The van der Waals surface area contributed by atoms with Crippen LogP contribution >= 0.6 is 0 Å². The normalized spacial score (nSPS) is 26.2. The Morgan fingerprint density at radius 2 is 1.90 bits per heavy atom. The fourth-order valence-electron chi connectivity index (χ4n) is 2.75. The summed E-state index contributed by atoms with van der Waals surface area (Å²) in [6.07, 6.45) is 2.58. The van der Waals surface area contributed by atoms with Crippen LogP contribution in [0.15, 0.2) is 24.3 Å². The van der Waals surface area contributed by atoms with Gasteiger partial charge in [0.1, 0.15) is 37.3 Å². The van der Waals surface area contributed by atoms with Crippen LogP contribution in [0.3, 0.4) is 0 Å². The number of rotatable bonds is 6. The van der Waals surface area contributed by atoms with E-state index in [1.54, 1.807) is 17.0 Å². The summed E-state index contributed by atoms with van der Waals surface area (Å²) in [6, 6.07) is 7.24. The maximum absolute atomic E-state index is 10.6. The predicted molar refractivity (Wildman–Crippen MR) is 77.5 cm³/mol. The minimum Gasteiger partial charge on any atom is -0.493 e. The molecule has 1 N–H and O–H groups in total. The van der Waals surface area contributed by atoms with Gasteiger partial charge in [-0.05, 0) is 38.1 Å². The van der Waals surface area contributed by atoms with E-state index in [-0.39, 0.29) is 0 Å². The van der Waals surface area contributed by atoms with Crippen molar-refractivity contribution < 1.29 is 19.2 Å². The van der Waals surface area contributed by atoms with E-state index in [1.807, 2.05) is 12.1 Å². The van der Waals surface area contributed by atoms with Crippen molar-refractivity contribution in [2.75, 3.05) is 26.2 Å². The first-order valence-corrected chi connectivity index (χ1v) is 7.34. The fourth-order valence-corrected chi connectivity index (χ4v) is 2.75. The SMILES string of the molecule is C[C@@H]1C[NH+](CCCOc2ccc(C=O)cc2)C[C@@H](C)O1. The molecular weight excluding hydrogens is 254 g/mol. The molecule has 1 aliphatic rings. The van der Waals surface area contributed by atoms with Gasteiger partial charge in [0.15, 0.2) is 0 Å². The van der Waals surface area contributed by atoms with Crippen LogP contribution in [0.25, 0.3) is 0 Å². The average Bonchev–Trinajstić information content (AvgIpc) is 2.43. The molecule has 20 heavy (non-hydrogen) atoms. The largest absolute Gasteiger partial charge is 0.493 e. The third kappa shape index (κ3) is 4.62. The zero-order valence-electron chi connectivity index (χ0n) is 12.3. The van der Waals surface area contributed by atoms with Gasteiger partial charge in [-0.15, -0.1) is 0 Å². The summed E-state index contributed by atoms with van der Waals surface area (Å²) < 4.78 is 11.4. The topological polar surface area (TPSA) is 40.0 Å². The third-order valence-electron chi connectivity index (χ3n) is 3.58. The van der Waals surface area contributed by atoms with Crippen LogP contribution in [0.5, 0.6) is 5.75 Å². The van der Waals surface area contributed by atoms with E-state index in [4.69, 9.17) is 9.47 Å². The second-order valence-electron chi connectivity index (χ2n) is 5.55. The lowest BCUT2D eigenvalue weighted by atomic mass is 10.2. The van der Waals surface area contributed by atoms with Crippen molar-refractivity contribution in [3.05, 3.63) is 29.8 Å². The van der Waals surface area contributed by atoms with E-state index < -0.39 is 0 Å². The molecule has 0 spiro atoms. The van der Waals surface area contributed by atoms with Crippen LogP contribution < -0.4 is 9.64 Å². The minimum atomic E-state index is 0.352. The fraction of sp³-hybridized carbons (Fsp3) is 0.562. The maximum Gasteiger partial charge on any atom is 0.150 e. The molecule has 110 valence electrons. The number of benzene rings is 1. The van der Waals surface area contributed by atoms with Crippen LogP contribution in [0, 0.1) is 0 Å². The quantitative estimate of drug-likeness (QED) is 0.622. The smallest absolute Gasteiger partial charge is 0.150 e. The van der Waals surface area contributed by atoms with E-state index in [1.165, 1.54) is 0 Å². The Morgan fingerprint density at radius 1 is 1.25 bits per heavy atom. The summed E-state index contributed by atoms with van der Waals surface area (Å²) in [4.78, 5) is 12.1. The van der Waals surface area contributed by atoms with Gasteiger partial charge in [-0.2, -0.15) is 0 Å². The summed E-state index contributed by atoms with van der Waals surface area (Å²) in [6.45, 7) is 8.27. The maximum atomic E-state index is 10.6. The molecule has 4 heteroatoms. The number of carbonyl (C=O) groups is 1. The monoisotopic (exact) mass is 278 g/mol. The zero-order valence-corrected chi connectivity index (χ0v) is 12.3. The van der Waals surface area contributed by atoms with Crippen molar-refractivity contribution in [1.29, 1.82) is 0 Å². The molecule has 0 radical (unpaired) electrons. The number of aldehydes is 1. The van der Waals surface area contributed by atoms with E-state index in [2.05, 4.69) is 13.8 Å². The summed E-state index contributed by atoms with van der Waals surface area (Å²) in [5, 5.41) is 0. The lowest BCUT2D eigenvalue weighted by molar-refractivity contribution is -0.915. The summed E-state index contributed by atoms with van der Waals surface area (Å²) in [5.41, 5.74) is 0.679. The lowest BCUT2D eigenvalue weighted by Crippen LogP contribution is -3.15. The molecule has 4 nitrogen and oxygen atoms in total. The van der Waals surface area contributed by atoms with Crippen LogP contribution in [0.2, 0.25) is 0 Å². The highest BCUT2D eigenvalue weighted by Gasteiger charge is 2.24. The molecule has 0 aromatic heterocycles. The van der Waals surface area contributed by atoms with Gasteiger partial charge in [0.25, 0.3) is 0 Å². The van der Waals surface area contributed by atoms with E-state index in [0.717, 1.165) is 38.1 Å². The van der Waals surface area contributed by atoms with Gasteiger partial charge in [-0.1, -0.05) is 0 Å². The highest BCUT2D eigenvalue weighted by atomic mass is 16.5. The lowest BCUT2D eigenvalue weighted by Gasteiger charge is -2.32. The Morgan fingerprint density at radius 3 is 2.50 bits per heavy atom. The number of quaternary nitrogens is 1. The number of ether oxygens (including phenoxy) is 2. The molecule has 2 atom stereocenters. The number of hydrogen-bond donors (Lipinski definition) is 1. The van der Waals surface area contributed by atoms with Crippen LogP contribution in [-0.2, 0) is 4.74 Å². The summed E-state index contributed by atoms with van der Waals surface area (Å²) in [7, 11) is 0. The standard InChI is InChI=1S/C16H23NO3/c1-13-10-17(11-14(2)20-13)8-3-9-19-16-6-4-15(12-18)5-7-16/h4-7,12-14H,3,8-11H2,1-2H3/p+1/t13-,14-/m1/s1. The molecule has 0 saturated carbocycles. The highest BCUT2D eigenvalue weighted by Crippen LogP contribution is 2.11. The molecule has 0 bridgehead atoms. The average molecular weight is 278 g/mol. The zero-order chi connectivity index (χ0) is 14.4. The summed E-state index contributed by atoms with van der Waals surface area (Å²) in [5.74, 6) is 0.828. The number of carbonyl (C=O) groups excluding carboxylic acids is 1. The molecule has 1 aliphatic heterocycles. The molecule has 1 fully saturated rings. The molecule has 1 aromatic carbocycles. The predicted octanol–water partition coefficient (Wildman–Crippen LogP) is 0.960. The first-order chi connectivity index (χ1) is 9.67. The van der Waals surface area contributed by atoms with Gasteiger partial charge in [-0.3, -0.25) is 4.79 Å². The number of morpholine rings is 1. The van der Waals surface area contributed by atoms with Gasteiger partial charge in [0.2, 0.25) is 0 Å². The van der Waals surface area contributed by atoms with Crippen molar-refractivity contribution >= 4 is 6.29 Å². The summed E-state index contributed by atoms with van der Waals surface area (Å²) >= 11 is 0. The Hall–Kier alpha value is -1.39. The van der Waals surface area contributed by atoms with Crippen LogP contribution in [0.1, 0.15) is 30.6 Å². The van der Waals surface area contributed by atoms with E-state index >= 15 is 0 Å². The van der Waals surface area contributed by atoms with Crippen molar-refractivity contribution in [3.8, 4) is 5.75 Å². The Balaban J connectivity index is 1.66. The van der Waals surface area contributed by atoms with Gasteiger partial charge in [0.05, 0.1) is 13.2 Å².